The number of carbonyl (C=O) groups is 1. The molecule has 0 aliphatic heterocycles. The summed E-state index contributed by atoms with van der Waals surface area (Å²) in [5, 5.41) is 11.4. The van der Waals surface area contributed by atoms with Crippen molar-refractivity contribution < 1.29 is 9.72 Å². The second-order valence-corrected chi connectivity index (χ2v) is 4.07. The lowest BCUT2D eigenvalue weighted by Crippen LogP contribution is -2.06. The lowest BCUT2D eigenvalue weighted by atomic mass is 9.98. The van der Waals surface area contributed by atoms with Crippen molar-refractivity contribution in [2.24, 2.45) is 0 Å². The van der Waals surface area contributed by atoms with Gasteiger partial charge in [-0.3, -0.25) is 14.9 Å². The molecule has 0 atom stereocenters. The molecule has 0 amide bonds. The van der Waals surface area contributed by atoms with E-state index >= 15 is 0 Å². The summed E-state index contributed by atoms with van der Waals surface area (Å²) in [5.41, 5.74) is 1.03. The van der Waals surface area contributed by atoms with Gasteiger partial charge in [0.1, 0.15) is 0 Å². The van der Waals surface area contributed by atoms with Crippen molar-refractivity contribution in [1.82, 2.24) is 0 Å². The second-order valence-electron chi connectivity index (χ2n) is 3.28. The van der Waals surface area contributed by atoms with Crippen LogP contribution in [0.3, 0.4) is 0 Å². The van der Waals surface area contributed by atoms with Gasteiger partial charge in [-0.15, -0.1) is 0 Å². The normalized spacial score (nSPS) is 10.1. The lowest BCUT2D eigenvalue weighted by Gasteiger charge is -2.06. The average molecular weight is 286 g/mol. The monoisotopic (exact) mass is 285 g/mol. The van der Waals surface area contributed by atoms with Crippen LogP contribution in [0.15, 0.2) is 18.2 Å². The predicted octanol–water partition coefficient (Wildman–Crippen LogP) is 3.12. The first-order chi connectivity index (χ1) is 7.61. The third-order valence-electron chi connectivity index (χ3n) is 2.32. The fourth-order valence-electron chi connectivity index (χ4n) is 1.60. The van der Waals surface area contributed by atoms with Crippen LogP contribution < -0.4 is 0 Å². The highest BCUT2D eigenvalue weighted by Gasteiger charge is 2.19. The maximum absolute atomic E-state index is 11.7. The van der Waals surface area contributed by atoms with Crippen molar-refractivity contribution in [3.63, 3.8) is 0 Å². The van der Waals surface area contributed by atoms with Gasteiger partial charge in [0.15, 0.2) is 5.78 Å². The average Bonchev–Trinajstić information content (AvgIpc) is 2.28. The number of hydrogen-bond donors (Lipinski definition) is 0. The van der Waals surface area contributed by atoms with E-state index < -0.39 is 4.92 Å². The number of benzene rings is 1. The molecule has 0 N–H and O–H groups in total. The van der Waals surface area contributed by atoms with Crippen molar-refractivity contribution in [2.45, 2.75) is 19.8 Å². The van der Waals surface area contributed by atoms with Gasteiger partial charge in [0, 0.05) is 28.9 Å². The number of nitro benzene ring substituents is 1. The van der Waals surface area contributed by atoms with Gasteiger partial charge in [-0.05, 0) is 6.42 Å². The van der Waals surface area contributed by atoms with Crippen LogP contribution in [0, 0.1) is 10.1 Å². The summed E-state index contributed by atoms with van der Waals surface area (Å²) in [7, 11) is 0. The minimum Gasteiger partial charge on any atom is -0.294 e. The first-order valence-corrected chi connectivity index (χ1v) is 6.09. The molecule has 0 aromatic heterocycles. The Morgan fingerprint density at radius 3 is 2.69 bits per heavy atom. The van der Waals surface area contributed by atoms with E-state index in [0.29, 0.717) is 29.3 Å². The van der Waals surface area contributed by atoms with E-state index in [9.17, 15) is 14.9 Å². The van der Waals surface area contributed by atoms with E-state index in [2.05, 4.69) is 15.9 Å². The Morgan fingerprint density at radius 2 is 2.19 bits per heavy atom. The van der Waals surface area contributed by atoms with Crippen LogP contribution in [0.25, 0.3) is 0 Å². The summed E-state index contributed by atoms with van der Waals surface area (Å²) < 4.78 is 0. The number of ketones is 1. The van der Waals surface area contributed by atoms with Gasteiger partial charge < -0.3 is 0 Å². The van der Waals surface area contributed by atoms with Gasteiger partial charge >= 0.3 is 0 Å². The molecule has 0 aliphatic rings. The molecule has 0 aliphatic carbocycles. The Labute approximate surface area is 102 Å². The predicted molar refractivity (Wildman–Crippen MR) is 65.2 cm³/mol. The Hall–Kier alpha value is -1.23. The quantitative estimate of drug-likeness (QED) is 0.361. The lowest BCUT2D eigenvalue weighted by molar-refractivity contribution is -0.385. The molecule has 86 valence electrons. The zero-order chi connectivity index (χ0) is 12.1. The number of rotatable bonds is 5. The van der Waals surface area contributed by atoms with Crippen LogP contribution in [0.1, 0.15) is 29.3 Å². The minimum atomic E-state index is -0.441. The van der Waals surface area contributed by atoms with Crippen molar-refractivity contribution in [3.05, 3.63) is 39.4 Å². The maximum atomic E-state index is 11.7. The van der Waals surface area contributed by atoms with E-state index in [1.807, 2.05) is 6.92 Å². The van der Waals surface area contributed by atoms with Crippen LogP contribution >= 0.6 is 15.9 Å². The number of nitrogens with zero attached hydrogens (tertiary/aromatic N) is 1. The van der Waals surface area contributed by atoms with Crippen LogP contribution in [0.2, 0.25) is 0 Å². The standard InChI is InChI=1S/C11H12BrNO3/c1-2-8-9(11(14)6-7-12)4-3-5-10(8)13(15)16/h3-5H,2,6-7H2,1H3. The smallest absolute Gasteiger partial charge is 0.273 e. The molecule has 0 fully saturated rings. The maximum Gasteiger partial charge on any atom is 0.273 e. The van der Waals surface area contributed by atoms with Gasteiger partial charge in [0.2, 0.25) is 0 Å². The van der Waals surface area contributed by atoms with E-state index in [1.165, 1.54) is 6.07 Å². The molecule has 0 spiro atoms. The Balaban J connectivity index is 3.24. The molecule has 4 nitrogen and oxygen atoms in total. The topological polar surface area (TPSA) is 60.2 Å². The summed E-state index contributed by atoms with van der Waals surface area (Å²) in [4.78, 5) is 22.1. The highest BCUT2D eigenvalue weighted by molar-refractivity contribution is 9.09. The van der Waals surface area contributed by atoms with E-state index in [0.717, 1.165) is 0 Å². The van der Waals surface area contributed by atoms with Crippen LogP contribution in [-0.2, 0) is 6.42 Å². The van der Waals surface area contributed by atoms with Gasteiger partial charge in [-0.1, -0.05) is 35.0 Å². The number of nitro groups is 1. The number of hydrogen-bond acceptors (Lipinski definition) is 3. The Kier molecular flexibility index (Phi) is 4.61. The molecule has 1 aromatic rings. The van der Waals surface area contributed by atoms with E-state index in [1.54, 1.807) is 12.1 Å². The SMILES string of the molecule is CCc1c(C(=O)CCBr)cccc1[N+](=O)[O-]. The van der Waals surface area contributed by atoms with Crippen LogP contribution in [0.5, 0.6) is 0 Å². The Bertz CT molecular complexity index is 418. The molecule has 0 unspecified atom stereocenters. The molecule has 16 heavy (non-hydrogen) atoms. The van der Waals surface area contributed by atoms with E-state index in [-0.39, 0.29) is 11.5 Å². The first-order valence-electron chi connectivity index (χ1n) is 4.97. The summed E-state index contributed by atoms with van der Waals surface area (Å²) in [6, 6.07) is 4.64. The van der Waals surface area contributed by atoms with Crippen molar-refractivity contribution in [1.29, 1.82) is 0 Å². The highest BCUT2D eigenvalue weighted by atomic mass is 79.9. The molecule has 0 heterocycles. The molecule has 0 radical (unpaired) electrons. The molecule has 5 heteroatoms. The molecular weight excluding hydrogens is 274 g/mol. The molecule has 0 bridgehead atoms. The first kappa shape index (κ1) is 12.8. The van der Waals surface area contributed by atoms with Crippen molar-refractivity contribution >= 4 is 27.4 Å². The van der Waals surface area contributed by atoms with Gasteiger partial charge in [0.05, 0.1) is 4.92 Å². The molecule has 1 aromatic carbocycles. The van der Waals surface area contributed by atoms with Gasteiger partial charge in [-0.25, -0.2) is 0 Å². The third kappa shape index (κ3) is 2.66. The van der Waals surface area contributed by atoms with Crippen LogP contribution in [0.4, 0.5) is 5.69 Å². The second kappa shape index (κ2) is 5.75. The number of halogens is 1. The minimum absolute atomic E-state index is 0.0305. The number of carbonyl (C=O) groups excluding carboxylic acids is 1. The summed E-state index contributed by atoms with van der Waals surface area (Å²) in [6.07, 6.45) is 0.842. The van der Waals surface area contributed by atoms with Crippen molar-refractivity contribution in [2.75, 3.05) is 5.33 Å². The molecule has 0 saturated heterocycles. The fraction of sp³-hybridized carbons (Fsp3) is 0.364. The number of Topliss-reactive ketones (excluding diaryl/α,β-unsaturated/α-hetero) is 1. The summed E-state index contributed by atoms with van der Waals surface area (Å²) >= 11 is 3.19. The molecule has 1 rings (SSSR count). The van der Waals surface area contributed by atoms with Crippen LogP contribution in [-0.4, -0.2) is 16.0 Å². The van der Waals surface area contributed by atoms with E-state index in [4.69, 9.17) is 0 Å². The molecule has 0 saturated carbocycles. The summed E-state index contributed by atoms with van der Waals surface area (Å²) in [5.74, 6) is -0.0579. The number of alkyl halides is 1. The van der Waals surface area contributed by atoms with Gasteiger partial charge in [0.25, 0.3) is 5.69 Å². The fourth-order valence-corrected chi connectivity index (χ4v) is 1.96. The molecular formula is C11H12BrNO3. The largest absolute Gasteiger partial charge is 0.294 e. The zero-order valence-corrected chi connectivity index (χ0v) is 10.5. The zero-order valence-electron chi connectivity index (χ0n) is 8.90. The van der Waals surface area contributed by atoms with Gasteiger partial charge in [-0.2, -0.15) is 0 Å². The summed E-state index contributed by atoms with van der Waals surface area (Å²) in [6.45, 7) is 1.81. The third-order valence-corrected chi connectivity index (χ3v) is 2.72. The highest BCUT2D eigenvalue weighted by Crippen LogP contribution is 2.24. The van der Waals surface area contributed by atoms with Crippen molar-refractivity contribution in [3.8, 4) is 0 Å². The Morgan fingerprint density at radius 1 is 1.50 bits per heavy atom.